The van der Waals surface area contributed by atoms with E-state index in [4.69, 9.17) is 9.97 Å². The van der Waals surface area contributed by atoms with Gasteiger partial charge in [0, 0.05) is 51.7 Å². The van der Waals surface area contributed by atoms with Gasteiger partial charge in [0.15, 0.2) is 5.82 Å². The molecule has 1 aliphatic heterocycles. The predicted octanol–water partition coefficient (Wildman–Crippen LogP) is 2.89. The summed E-state index contributed by atoms with van der Waals surface area (Å²) in [6, 6.07) is 2.16. The molecule has 0 N–H and O–H groups in total. The van der Waals surface area contributed by atoms with E-state index < -0.39 is 0 Å². The van der Waals surface area contributed by atoms with Crippen LogP contribution in [0, 0.1) is 19.8 Å². The minimum absolute atomic E-state index is 0.0665. The van der Waals surface area contributed by atoms with E-state index in [0.29, 0.717) is 17.5 Å². The third kappa shape index (κ3) is 5.29. The number of carbonyl (C=O) groups is 1. The van der Waals surface area contributed by atoms with Crippen LogP contribution in [-0.4, -0.2) is 71.2 Å². The van der Waals surface area contributed by atoms with E-state index in [1.54, 1.807) is 19.0 Å². The van der Waals surface area contributed by atoms with E-state index in [0.717, 1.165) is 55.5 Å². The molecule has 0 atom stereocenters. The first-order valence-corrected chi connectivity index (χ1v) is 11.0. The fourth-order valence-corrected chi connectivity index (χ4v) is 4.11. The average Bonchev–Trinajstić information content (AvgIpc) is 2.75. The summed E-state index contributed by atoms with van der Waals surface area (Å²) in [5.41, 5.74) is 4.01. The normalized spacial score (nSPS) is 14.8. The molecule has 8 heteroatoms. The minimum Gasteiger partial charge on any atom is -0.355 e. The maximum absolute atomic E-state index is 12.3. The predicted molar refractivity (Wildman–Crippen MR) is 124 cm³/mol. The summed E-state index contributed by atoms with van der Waals surface area (Å²) >= 11 is 0. The third-order valence-electron chi connectivity index (χ3n) is 5.97. The molecule has 1 fully saturated rings. The van der Waals surface area contributed by atoms with E-state index in [2.05, 4.69) is 47.7 Å². The first-order chi connectivity index (χ1) is 14.7. The van der Waals surface area contributed by atoms with Crippen LogP contribution < -0.4 is 9.80 Å². The minimum atomic E-state index is -0.0665. The first kappa shape index (κ1) is 22.9. The van der Waals surface area contributed by atoms with E-state index >= 15 is 0 Å². The van der Waals surface area contributed by atoms with Gasteiger partial charge in [0.05, 0.1) is 11.8 Å². The molecule has 1 amide bonds. The lowest BCUT2D eigenvalue weighted by Crippen LogP contribution is -2.44. The van der Waals surface area contributed by atoms with Crippen molar-refractivity contribution in [2.24, 2.45) is 5.92 Å². The van der Waals surface area contributed by atoms with Crippen molar-refractivity contribution in [3.63, 3.8) is 0 Å². The third-order valence-corrected chi connectivity index (χ3v) is 5.97. The highest BCUT2D eigenvalue weighted by Gasteiger charge is 2.26. The van der Waals surface area contributed by atoms with E-state index in [-0.39, 0.29) is 5.91 Å². The van der Waals surface area contributed by atoms with Crippen molar-refractivity contribution >= 4 is 17.7 Å². The highest BCUT2D eigenvalue weighted by molar-refractivity contribution is 5.94. The molecule has 1 aliphatic rings. The molecule has 0 unspecified atom stereocenters. The Balaban J connectivity index is 1.67. The van der Waals surface area contributed by atoms with Gasteiger partial charge in [-0.05, 0) is 50.7 Å². The monoisotopic (exact) mass is 425 g/mol. The lowest BCUT2D eigenvalue weighted by Gasteiger charge is -2.37. The molecule has 0 aromatic carbocycles. The molecule has 0 spiro atoms. The van der Waals surface area contributed by atoms with Gasteiger partial charge in [-0.1, -0.05) is 13.8 Å². The molecule has 0 radical (unpaired) electrons. The van der Waals surface area contributed by atoms with Crippen LogP contribution >= 0.6 is 0 Å². The Morgan fingerprint density at radius 3 is 2.29 bits per heavy atom. The fourth-order valence-electron chi connectivity index (χ4n) is 4.11. The number of aromatic nitrogens is 4. The van der Waals surface area contributed by atoms with Crippen molar-refractivity contribution < 1.29 is 4.79 Å². The van der Waals surface area contributed by atoms with Gasteiger partial charge in [-0.3, -0.25) is 4.79 Å². The Hall–Kier alpha value is -2.77. The van der Waals surface area contributed by atoms with Gasteiger partial charge in [-0.15, -0.1) is 5.10 Å². The fraction of sp³-hybridized carbons (Fsp3) is 0.609. The standard InChI is InChI=1S/C23H35N7O/c1-15(2)12-20-16(3)25-23(26-17(20)4)30-10-8-19(9-11-30)29(7)21-13-18(14-24-27-21)22(31)28(5)6/h13-15,19H,8-12H2,1-7H3. The number of amides is 1. The summed E-state index contributed by atoms with van der Waals surface area (Å²) in [5, 5.41) is 8.30. The Labute approximate surface area is 185 Å². The molecular formula is C23H35N7O. The highest BCUT2D eigenvalue weighted by atomic mass is 16.2. The molecular weight excluding hydrogens is 390 g/mol. The quantitative estimate of drug-likeness (QED) is 0.704. The largest absolute Gasteiger partial charge is 0.355 e. The van der Waals surface area contributed by atoms with Gasteiger partial charge in [0.2, 0.25) is 5.95 Å². The molecule has 3 heterocycles. The summed E-state index contributed by atoms with van der Waals surface area (Å²) in [7, 11) is 5.51. The van der Waals surface area contributed by atoms with Crippen LogP contribution in [0.2, 0.25) is 0 Å². The van der Waals surface area contributed by atoms with Crippen LogP contribution in [-0.2, 0) is 6.42 Å². The van der Waals surface area contributed by atoms with Crippen molar-refractivity contribution in [3.8, 4) is 0 Å². The van der Waals surface area contributed by atoms with Crippen LogP contribution in [0.15, 0.2) is 12.3 Å². The zero-order valence-electron chi connectivity index (χ0n) is 19.9. The zero-order valence-corrected chi connectivity index (χ0v) is 19.9. The Morgan fingerprint density at radius 2 is 1.74 bits per heavy atom. The molecule has 1 saturated heterocycles. The second-order valence-corrected chi connectivity index (χ2v) is 9.10. The van der Waals surface area contributed by atoms with Crippen LogP contribution in [0.1, 0.15) is 54.0 Å². The van der Waals surface area contributed by atoms with Crippen molar-refractivity contribution in [2.45, 2.75) is 53.0 Å². The summed E-state index contributed by atoms with van der Waals surface area (Å²) in [5.74, 6) is 2.09. The number of hydrogen-bond acceptors (Lipinski definition) is 7. The van der Waals surface area contributed by atoms with Crippen molar-refractivity contribution in [3.05, 3.63) is 34.8 Å². The second kappa shape index (κ2) is 9.58. The molecule has 2 aromatic rings. The number of hydrogen-bond donors (Lipinski definition) is 0. The lowest BCUT2D eigenvalue weighted by atomic mass is 10.0. The number of piperidine rings is 1. The Kier molecular flexibility index (Phi) is 7.08. The van der Waals surface area contributed by atoms with Gasteiger partial charge in [0.1, 0.15) is 0 Å². The maximum atomic E-state index is 12.3. The lowest BCUT2D eigenvalue weighted by molar-refractivity contribution is 0.0827. The number of carbonyl (C=O) groups excluding carboxylic acids is 1. The van der Waals surface area contributed by atoms with Crippen molar-refractivity contribution in [1.82, 2.24) is 25.1 Å². The van der Waals surface area contributed by atoms with Gasteiger partial charge < -0.3 is 14.7 Å². The van der Waals surface area contributed by atoms with Crippen molar-refractivity contribution in [2.75, 3.05) is 44.0 Å². The van der Waals surface area contributed by atoms with E-state index in [1.807, 2.05) is 13.1 Å². The van der Waals surface area contributed by atoms with E-state index in [1.165, 1.54) is 11.8 Å². The molecule has 168 valence electrons. The van der Waals surface area contributed by atoms with Crippen LogP contribution in [0.25, 0.3) is 0 Å². The number of anilines is 2. The summed E-state index contributed by atoms with van der Waals surface area (Å²) in [6.07, 6.45) is 4.48. The van der Waals surface area contributed by atoms with Gasteiger partial charge in [-0.25, -0.2) is 9.97 Å². The van der Waals surface area contributed by atoms with Gasteiger partial charge >= 0.3 is 0 Å². The van der Waals surface area contributed by atoms with Crippen LogP contribution in [0.5, 0.6) is 0 Å². The number of nitrogens with zero attached hydrogens (tertiary/aromatic N) is 7. The van der Waals surface area contributed by atoms with Crippen LogP contribution in [0.3, 0.4) is 0 Å². The van der Waals surface area contributed by atoms with Crippen LogP contribution in [0.4, 0.5) is 11.8 Å². The molecule has 31 heavy (non-hydrogen) atoms. The molecule has 2 aromatic heterocycles. The Bertz CT molecular complexity index is 897. The Morgan fingerprint density at radius 1 is 1.13 bits per heavy atom. The molecule has 8 nitrogen and oxygen atoms in total. The topological polar surface area (TPSA) is 78.4 Å². The summed E-state index contributed by atoms with van der Waals surface area (Å²) in [4.78, 5) is 27.9. The van der Waals surface area contributed by atoms with E-state index in [9.17, 15) is 4.79 Å². The molecule has 3 rings (SSSR count). The average molecular weight is 426 g/mol. The zero-order chi connectivity index (χ0) is 22.7. The molecule has 0 aliphatic carbocycles. The SMILES string of the molecule is Cc1nc(N2CCC(N(C)c3cc(C(=O)N(C)C)cnn3)CC2)nc(C)c1CC(C)C. The maximum Gasteiger partial charge on any atom is 0.255 e. The second-order valence-electron chi connectivity index (χ2n) is 9.10. The molecule has 0 saturated carbocycles. The van der Waals surface area contributed by atoms with Gasteiger partial charge in [-0.2, -0.15) is 5.10 Å². The van der Waals surface area contributed by atoms with Crippen molar-refractivity contribution in [1.29, 1.82) is 0 Å². The van der Waals surface area contributed by atoms with Gasteiger partial charge in [0.25, 0.3) is 5.91 Å². The number of rotatable bonds is 6. The summed E-state index contributed by atoms with van der Waals surface area (Å²) in [6.45, 7) is 10.4. The first-order valence-electron chi connectivity index (χ1n) is 11.0. The summed E-state index contributed by atoms with van der Waals surface area (Å²) < 4.78 is 0. The highest BCUT2D eigenvalue weighted by Crippen LogP contribution is 2.25. The number of aryl methyl sites for hydroxylation is 2. The molecule has 0 bridgehead atoms. The smallest absolute Gasteiger partial charge is 0.255 e.